The van der Waals surface area contributed by atoms with Gasteiger partial charge < -0.3 is 5.32 Å². The van der Waals surface area contributed by atoms with Crippen LogP contribution in [-0.2, 0) is 17.8 Å². The van der Waals surface area contributed by atoms with E-state index < -0.39 is 5.54 Å². The van der Waals surface area contributed by atoms with Crippen LogP contribution < -0.4 is 5.32 Å². The Balaban J connectivity index is 1.66. The van der Waals surface area contributed by atoms with E-state index in [0.717, 1.165) is 38.0 Å². The average molecular weight is 293 g/mol. The van der Waals surface area contributed by atoms with E-state index >= 15 is 0 Å². The number of nitrogens with one attached hydrogen (secondary N) is 1. The molecule has 1 unspecified atom stereocenters. The molecule has 2 aromatic rings. The summed E-state index contributed by atoms with van der Waals surface area (Å²) in [6.45, 7) is 1.77. The summed E-state index contributed by atoms with van der Waals surface area (Å²) in [5.74, 6) is 0.151. The summed E-state index contributed by atoms with van der Waals surface area (Å²) in [6.07, 6.45) is 6.43. The Labute approximate surface area is 130 Å². The van der Waals surface area contributed by atoms with Crippen LogP contribution in [0.2, 0.25) is 0 Å². The summed E-state index contributed by atoms with van der Waals surface area (Å²) in [7, 11) is 0. The highest BCUT2D eigenvalue weighted by Crippen LogP contribution is 2.39. The van der Waals surface area contributed by atoms with Crippen LogP contribution in [0.5, 0.6) is 0 Å². The molecule has 4 nitrogen and oxygen atoms in total. The fraction of sp³-hybridized carbons (Fsp3) is 0.333. The molecular weight excluding hydrogens is 274 g/mol. The van der Waals surface area contributed by atoms with Crippen LogP contribution >= 0.6 is 0 Å². The fourth-order valence-electron chi connectivity index (χ4n) is 3.76. The number of carbonyl (C=O) groups is 1. The minimum Gasteiger partial charge on any atom is -0.324 e. The number of amides is 1. The minimum absolute atomic E-state index is 0.151. The quantitative estimate of drug-likeness (QED) is 0.925. The standard InChI is InChI=1S/C18H19N3O/c22-17-18(12-15-4-1-2-5-16(15)20-17)8-3-11-21(18)13-14-6-9-19-10-7-14/h1-2,4-7,9-10H,3,8,11-13H2,(H,20,22). The fourth-order valence-corrected chi connectivity index (χ4v) is 3.76. The number of likely N-dealkylation sites (tertiary alicyclic amines) is 1. The largest absolute Gasteiger partial charge is 0.324 e. The number of pyridine rings is 1. The van der Waals surface area contributed by atoms with Crippen LogP contribution in [0.15, 0.2) is 48.8 Å². The molecular formula is C18H19N3O. The van der Waals surface area contributed by atoms with Crippen LogP contribution in [0.4, 0.5) is 5.69 Å². The molecule has 0 radical (unpaired) electrons. The van der Waals surface area contributed by atoms with E-state index in [4.69, 9.17) is 0 Å². The van der Waals surface area contributed by atoms with Crippen molar-refractivity contribution in [1.29, 1.82) is 0 Å². The second-order valence-corrected chi connectivity index (χ2v) is 6.20. The van der Waals surface area contributed by atoms with E-state index in [0.29, 0.717) is 0 Å². The smallest absolute Gasteiger partial charge is 0.245 e. The monoisotopic (exact) mass is 293 g/mol. The highest BCUT2D eigenvalue weighted by molar-refractivity contribution is 6.01. The highest BCUT2D eigenvalue weighted by Gasteiger charge is 2.49. The van der Waals surface area contributed by atoms with Crippen molar-refractivity contribution < 1.29 is 4.79 Å². The van der Waals surface area contributed by atoms with Gasteiger partial charge in [0.25, 0.3) is 0 Å². The number of nitrogens with zero attached hydrogens (tertiary/aromatic N) is 2. The zero-order valence-corrected chi connectivity index (χ0v) is 12.5. The van der Waals surface area contributed by atoms with Gasteiger partial charge in [-0.1, -0.05) is 18.2 Å². The summed E-state index contributed by atoms with van der Waals surface area (Å²) >= 11 is 0. The number of fused-ring (bicyclic) bond motifs is 1. The van der Waals surface area contributed by atoms with Crippen molar-refractivity contribution in [3.8, 4) is 0 Å². The first kappa shape index (κ1) is 13.5. The van der Waals surface area contributed by atoms with Crippen LogP contribution in [0, 0.1) is 0 Å². The second-order valence-electron chi connectivity index (χ2n) is 6.20. The Morgan fingerprint density at radius 1 is 1.18 bits per heavy atom. The molecule has 2 aliphatic heterocycles. The normalized spacial score (nSPS) is 24.3. The van der Waals surface area contributed by atoms with E-state index in [2.05, 4.69) is 21.3 Å². The maximum atomic E-state index is 12.8. The third kappa shape index (κ3) is 2.11. The molecule has 22 heavy (non-hydrogen) atoms. The minimum atomic E-state index is -0.391. The summed E-state index contributed by atoms with van der Waals surface area (Å²) in [6, 6.07) is 12.2. The third-order valence-electron chi connectivity index (χ3n) is 4.92. The number of hydrogen-bond donors (Lipinski definition) is 1. The first-order chi connectivity index (χ1) is 10.8. The molecule has 1 fully saturated rings. The zero-order chi connectivity index (χ0) is 15.0. The first-order valence-electron chi connectivity index (χ1n) is 7.81. The summed E-state index contributed by atoms with van der Waals surface area (Å²) in [5.41, 5.74) is 3.03. The molecule has 1 aromatic heterocycles. The lowest BCUT2D eigenvalue weighted by Crippen LogP contribution is -2.56. The molecule has 0 bridgehead atoms. The number of aromatic nitrogens is 1. The van der Waals surface area contributed by atoms with Gasteiger partial charge in [-0.2, -0.15) is 0 Å². The molecule has 4 rings (SSSR count). The third-order valence-corrected chi connectivity index (χ3v) is 4.92. The maximum absolute atomic E-state index is 12.8. The van der Waals surface area contributed by atoms with Crippen molar-refractivity contribution in [3.05, 3.63) is 59.9 Å². The van der Waals surface area contributed by atoms with Gasteiger partial charge in [0, 0.05) is 31.0 Å². The Hall–Kier alpha value is -2.20. The Morgan fingerprint density at radius 2 is 2.00 bits per heavy atom. The maximum Gasteiger partial charge on any atom is 0.245 e. The highest BCUT2D eigenvalue weighted by atomic mass is 16.2. The van der Waals surface area contributed by atoms with Gasteiger partial charge in [0.05, 0.1) is 0 Å². The van der Waals surface area contributed by atoms with Crippen LogP contribution in [0.1, 0.15) is 24.0 Å². The van der Waals surface area contributed by atoms with Crippen molar-refractivity contribution in [2.75, 3.05) is 11.9 Å². The second kappa shape index (κ2) is 5.21. The van der Waals surface area contributed by atoms with E-state index in [1.807, 2.05) is 42.7 Å². The molecule has 1 atom stereocenters. The molecule has 0 saturated carbocycles. The van der Waals surface area contributed by atoms with Gasteiger partial charge in [-0.25, -0.2) is 0 Å². The van der Waals surface area contributed by atoms with Crippen molar-refractivity contribution in [3.63, 3.8) is 0 Å². The molecule has 2 aliphatic rings. The molecule has 1 amide bonds. The topological polar surface area (TPSA) is 45.2 Å². The van der Waals surface area contributed by atoms with Crippen molar-refractivity contribution in [2.45, 2.75) is 31.3 Å². The number of anilines is 1. The lowest BCUT2D eigenvalue weighted by Gasteiger charge is -2.40. The van der Waals surface area contributed by atoms with Gasteiger partial charge in [-0.3, -0.25) is 14.7 Å². The van der Waals surface area contributed by atoms with Gasteiger partial charge >= 0.3 is 0 Å². The number of rotatable bonds is 2. The molecule has 1 spiro atoms. The number of benzene rings is 1. The lowest BCUT2D eigenvalue weighted by atomic mass is 9.83. The molecule has 1 aromatic carbocycles. The first-order valence-corrected chi connectivity index (χ1v) is 7.81. The predicted octanol–water partition coefficient (Wildman–Crippen LogP) is 2.61. The number of carbonyl (C=O) groups excluding carboxylic acids is 1. The lowest BCUT2D eigenvalue weighted by molar-refractivity contribution is -0.127. The van der Waals surface area contributed by atoms with Crippen molar-refractivity contribution >= 4 is 11.6 Å². The van der Waals surface area contributed by atoms with Gasteiger partial charge in [0.2, 0.25) is 5.91 Å². The summed E-state index contributed by atoms with van der Waals surface area (Å²) in [5, 5.41) is 3.12. The Morgan fingerprint density at radius 3 is 2.86 bits per heavy atom. The average Bonchev–Trinajstić information content (AvgIpc) is 2.93. The zero-order valence-electron chi connectivity index (χ0n) is 12.5. The molecule has 1 N–H and O–H groups in total. The van der Waals surface area contributed by atoms with Crippen molar-refractivity contribution in [1.82, 2.24) is 9.88 Å². The van der Waals surface area contributed by atoms with E-state index in [9.17, 15) is 4.79 Å². The van der Waals surface area contributed by atoms with E-state index in [-0.39, 0.29) is 5.91 Å². The van der Waals surface area contributed by atoms with Crippen LogP contribution in [0.25, 0.3) is 0 Å². The number of para-hydroxylation sites is 1. The van der Waals surface area contributed by atoms with Gasteiger partial charge in [-0.15, -0.1) is 0 Å². The Kier molecular flexibility index (Phi) is 3.19. The molecule has 1 saturated heterocycles. The van der Waals surface area contributed by atoms with Gasteiger partial charge in [0.1, 0.15) is 5.54 Å². The molecule has 112 valence electrons. The predicted molar refractivity (Wildman–Crippen MR) is 85.4 cm³/mol. The molecule has 3 heterocycles. The molecule has 0 aliphatic carbocycles. The van der Waals surface area contributed by atoms with Crippen molar-refractivity contribution in [2.24, 2.45) is 0 Å². The van der Waals surface area contributed by atoms with Crippen LogP contribution in [-0.4, -0.2) is 27.9 Å². The summed E-state index contributed by atoms with van der Waals surface area (Å²) < 4.78 is 0. The van der Waals surface area contributed by atoms with E-state index in [1.54, 1.807) is 0 Å². The summed E-state index contributed by atoms with van der Waals surface area (Å²) in [4.78, 5) is 19.2. The van der Waals surface area contributed by atoms with Gasteiger partial charge in [0.15, 0.2) is 0 Å². The van der Waals surface area contributed by atoms with Crippen LogP contribution in [0.3, 0.4) is 0 Å². The Bertz CT molecular complexity index is 700. The molecule has 4 heteroatoms. The SMILES string of the molecule is O=C1Nc2ccccc2CC12CCCN2Cc1ccncc1. The van der Waals surface area contributed by atoms with Gasteiger partial charge in [-0.05, 0) is 48.7 Å². The van der Waals surface area contributed by atoms with E-state index in [1.165, 1.54) is 11.1 Å². The number of hydrogen-bond acceptors (Lipinski definition) is 3.